The summed E-state index contributed by atoms with van der Waals surface area (Å²) in [5.74, 6) is -2.21. The van der Waals surface area contributed by atoms with Crippen LogP contribution in [0.2, 0.25) is 0 Å². The minimum absolute atomic E-state index is 0.137. The Balaban J connectivity index is 1.52. The minimum atomic E-state index is -4.06. The summed E-state index contributed by atoms with van der Waals surface area (Å²) in [6.45, 7) is 1.45. The van der Waals surface area contributed by atoms with Gasteiger partial charge >= 0.3 is 0 Å². The van der Waals surface area contributed by atoms with Crippen molar-refractivity contribution in [1.82, 2.24) is 9.21 Å². The third-order valence-corrected chi connectivity index (χ3v) is 6.75. The number of amides is 1. The normalized spacial score (nSPS) is 15.5. The van der Waals surface area contributed by atoms with Crippen molar-refractivity contribution < 1.29 is 22.0 Å². The number of carbonyl (C=O) groups excluding carboxylic acids is 1. The van der Waals surface area contributed by atoms with E-state index in [1.807, 2.05) is 11.0 Å². The number of piperazine rings is 1. The van der Waals surface area contributed by atoms with Crippen LogP contribution in [0, 0.1) is 23.0 Å². The average Bonchev–Trinajstić information content (AvgIpc) is 2.72. The van der Waals surface area contributed by atoms with Crippen molar-refractivity contribution in [3.05, 3.63) is 59.7 Å². The molecule has 1 aliphatic heterocycles. The number of hydrogen-bond donors (Lipinski definition) is 1. The number of benzene rings is 2. The van der Waals surface area contributed by atoms with Crippen molar-refractivity contribution in [3.8, 4) is 6.07 Å². The number of para-hydroxylation sites is 1. The van der Waals surface area contributed by atoms with Gasteiger partial charge in [0.1, 0.15) is 22.6 Å². The molecular formula is C20H20F2N4O3S. The molecule has 0 bridgehead atoms. The van der Waals surface area contributed by atoms with Crippen LogP contribution in [0.1, 0.15) is 12.0 Å². The summed E-state index contributed by atoms with van der Waals surface area (Å²) < 4.78 is 53.3. The van der Waals surface area contributed by atoms with E-state index in [9.17, 15) is 22.0 Å². The number of nitriles is 1. The van der Waals surface area contributed by atoms with Crippen molar-refractivity contribution in [1.29, 1.82) is 5.26 Å². The van der Waals surface area contributed by atoms with Gasteiger partial charge in [0.15, 0.2) is 0 Å². The maximum atomic E-state index is 13.9. The van der Waals surface area contributed by atoms with Gasteiger partial charge in [-0.25, -0.2) is 17.2 Å². The highest BCUT2D eigenvalue weighted by Gasteiger charge is 2.30. The zero-order valence-electron chi connectivity index (χ0n) is 16.0. The Bertz CT molecular complexity index is 1080. The predicted octanol–water partition coefficient (Wildman–Crippen LogP) is 2.17. The molecule has 0 unspecified atom stereocenters. The van der Waals surface area contributed by atoms with E-state index in [1.54, 1.807) is 24.3 Å². The molecular weight excluding hydrogens is 414 g/mol. The Morgan fingerprint density at radius 2 is 1.80 bits per heavy atom. The lowest BCUT2D eigenvalue weighted by Gasteiger charge is -2.33. The highest BCUT2D eigenvalue weighted by molar-refractivity contribution is 7.89. The molecule has 7 nitrogen and oxygen atoms in total. The summed E-state index contributed by atoms with van der Waals surface area (Å²) in [6, 6.07) is 11.1. The van der Waals surface area contributed by atoms with Crippen LogP contribution in [0.3, 0.4) is 0 Å². The van der Waals surface area contributed by atoms with E-state index in [2.05, 4.69) is 5.32 Å². The molecule has 1 saturated heterocycles. The van der Waals surface area contributed by atoms with Crippen molar-refractivity contribution in [2.45, 2.75) is 11.3 Å². The molecule has 0 radical (unpaired) electrons. The fraction of sp³-hybridized carbons (Fsp3) is 0.300. The number of halogens is 2. The van der Waals surface area contributed by atoms with Gasteiger partial charge in [-0.2, -0.15) is 9.57 Å². The first-order valence-electron chi connectivity index (χ1n) is 9.28. The van der Waals surface area contributed by atoms with Gasteiger partial charge in [-0.3, -0.25) is 4.79 Å². The van der Waals surface area contributed by atoms with Crippen molar-refractivity contribution >= 4 is 21.6 Å². The zero-order valence-corrected chi connectivity index (χ0v) is 16.8. The standard InChI is InChI=1S/C20H20F2N4O3S/c21-16-5-6-19(17(22)13-16)30(28,29)26-11-9-25(10-12-26)8-7-20(27)24-18-4-2-1-3-15(18)14-23/h1-6,13H,7-12H2,(H,24,27). The zero-order chi connectivity index (χ0) is 21.7. The van der Waals surface area contributed by atoms with E-state index in [-0.39, 0.29) is 25.4 Å². The van der Waals surface area contributed by atoms with Crippen LogP contribution < -0.4 is 5.32 Å². The van der Waals surface area contributed by atoms with Crippen LogP contribution in [-0.2, 0) is 14.8 Å². The van der Waals surface area contributed by atoms with Crippen LogP contribution in [-0.4, -0.2) is 56.3 Å². The Morgan fingerprint density at radius 1 is 1.10 bits per heavy atom. The van der Waals surface area contributed by atoms with Gasteiger partial charge in [-0.15, -0.1) is 0 Å². The second-order valence-corrected chi connectivity index (χ2v) is 8.68. The molecule has 1 aliphatic rings. The molecule has 0 atom stereocenters. The maximum Gasteiger partial charge on any atom is 0.246 e. The molecule has 0 saturated carbocycles. The largest absolute Gasteiger partial charge is 0.325 e. The third-order valence-electron chi connectivity index (χ3n) is 4.82. The Hall–Kier alpha value is -2.87. The van der Waals surface area contributed by atoms with Crippen molar-refractivity contribution in [3.63, 3.8) is 0 Å². The molecule has 1 N–H and O–H groups in total. The second kappa shape index (κ2) is 9.30. The summed E-state index contributed by atoms with van der Waals surface area (Å²) in [5.41, 5.74) is 0.819. The molecule has 10 heteroatoms. The SMILES string of the molecule is N#Cc1ccccc1NC(=O)CCN1CCN(S(=O)(=O)c2ccc(F)cc2F)CC1. The number of sulfonamides is 1. The van der Waals surface area contributed by atoms with E-state index in [0.717, 1.165) is 16.4 Å². The lowest BCUT2D eigenvalue weighted by Crippen LogP contribution is -2.49. The molecule has 158 valence electrons. The summed E-state index contributed by atoms with van der Waals surface area (Å²) in [5, 5.41) is 11.8. The van der Waals surface area contributed by atoms with Crippen LogP contribution in [0.5, 0.6) is 0 Å². The maximum absolute atomic E-state index is 13.9. The molecule has 1 amide bonds. The number of nitrogens with zero attached hydrogens (tertiary/aromatic N) is 3. The first-order valence-corrected chi connectivity index (χ1v) is 10.7. The summed E-state index contributed by atoms with van der Waals surface area (Å²) in [4.78, 5) is 13.6. The van der Waals surface area contributed by atoms with E-state index in [0.29, 0.717) is 37.0 Å². The Kier molecular flexibility index (Phi) is 6.77. The van der Waals surface area contributed by atoms with E-state index in [1.165, 1.54) is 0 Å². The van der Waals surface area contributed by atoms with Gasteiger partial charge in [-0.05, 0) is 24.3 Å². The van der Waals surface area contributed by atoms with Crippen LogP contribution in [0.4, 0.5) is 14.5 Å². The number of hydrogen-bond acceptors (Lipinski definition) is 5. The molecule has 0 spiro atoms. The van der Waals surface area contributed by atoms with Gasteiger partial charge in [0.25, 0.3) is 0 Å². The highest BCUT2D eigenvalue weighted by atomic mass is 32.2. The third kappa shape index (κ3) is 4.99. The highest BCUT2D eigenvalue weighted by Crippen LogP contribution is 2.21. The van der Waals surface area contributed by atoms with E-state index < -0.39 is 26.6 Å². The van der Waals surface area contributed by atoms with Crippen LogP contribution in [0.15, 0.2) is 47.4 Å². The molecule has 1 heterocycles. The fourth-order valence-electron chi connectivity index (χ4n) is 3.18. The molecule has 3 rings (SSSR count). The van der Waals surface area contributed by atoms with Gasteiger partial charge in [0, 0.05) is 45.2 Å². The molecule has 1 fully saturated rings. The Labute approximate surface area is 173 Å². The molecule has 2 aromatic rings. The number of anilines is 1. The van der Waals surface area contributed by atoms with Crippen LogP contribution >= 0.6 is 0 Å². The second-order valence-electron chi connectivity index (χ2n) is 6.78. The van der Waals surface area contributed by atoms with E-state index >= 15 is 0 Å². The first-order chi connectivity index (χ1) is 14.3. The Morgan fingerprint density at radius 3 is 2.47 bits per heavy atom. The van der Waals surface area contributed by atoms with Crippen molar-refractivity contribution in [2.24, 2.45) is 0 Å². The fourth-order valence-corrected chi connectivity index (χ4v) is 4.65. The molecule has 30 heavy (non-hydrogen) atoms. The van der Waals surface area contributed by atoms with Crippen LogP contribution in [0.25, 0.3) is 0 Å². The predicted molar refractivity (Wildman–Crippen MR) is 106 cm³/mol. The number of carbonyl (C=O) groups is 1. The lowest BCUT2D eigenvalue weighted by atomic mass is 10.2. The molecule has 0 aliphatic carbocycles. The average molecular weight is 434 g/mol. The topological polar surface area (TPSA) is 93.5 Å². The number of nitrogens with one attached hydrogen (secondary N) is 1. The summed E-state index contributed by atoms with van der Waals surface area (Å²) in [7, 11) is -4.06. The van der Waals surface area contributed by atoms with Crippen molar-refractivity contribution in [2.75, 3.05) is 38.0 Å². The lowest BCUT2D eigenvalue weighted by molar-refractivity contribution is -0.116. The van der Waals surface area contributed by atoms with E-state index in [4.69, 9.17) is 5.26 Å². The van der Waals surface area contributed by atoms with Gasteiger partial charge in [0.05, 0.1) is 11.3 Å². The van der Waals surface area contributed by atoms with Gasteiger partial charge < -0.3 is 10.2 Å². The molecule has 2 aromatic carbocycles. The first kappa shape index (κ1) is 21.8. The minimum Gasteiger partial charge on any atom is -0.325 e. The molecule has 0 aromatic heterocycles. The van der Waals surface area contributed by atoms with Gasteiger partial charge in [-0.1, -0.05) is 12.1 Å². The summed E-state index contributed by atoms with van der Waals surface area (Å²) >= 11 is 0. The smallest absolute Gasteiger partial charge is 0.246 e. The summed E-state index contributed by atoms with van der Waals surface area (Å²) in [6.07, 6.45) is 0.180. The number of rotatable bonds is 6. The quantitative estimate of drug-likeness (QED) is 0.752. The van der Waals surface area contributed by atoms with Gasteiger partial charge in [0.2, 0.25) is 15.9 Å². The monoisotopic (exact) mass is 434 g/mol.